The summed E-state index contributed by atoms with van der Waals surface area (Å²) < 4.78 is 1.57. The summed E-state index contributed by atoms with van der Waals surface area (Å²) in [6.07, 6.45) is 5.22. The number of hydrogen-bond donors (Lipinski definition) is 0. The molecule has 14 heavy (non-hydrogen) atoms. The van der Waals surface area contributed by atoms with Crippen molar-refractivity contribution < 1.29 is 0 Å². The number of hydrogen-bond acceptors (Lipinski definition) is 1. The normalized spacial score (nSPS) is 12.1. The second-order valence-electron chi connectivity index (χ2n) is 5.38. The van der Waals surface area contributed by atoms with Crippen molar-refractivity contribution in [3.63, 3.8) is 0 Å². The molecule has 0 aliphatic carbocycles. The fourth-order valence-corrected chi connectivity index (χ4v) is 5.10. The maximum atomic E-state index is 4.27. The van der Waals surface area contributed by atoms with Gasteiger partial charge in [0.15, 0.2) is 0 Å². The summed E-state index contributed by atoms with van der Waals surface area (Å²) in [5, 5.41) is 0. The van der Waals surface area contributed by atoms with Crippen molar-refractivity contribution in [1.29, 1.82) is 0 Å². The third-order valence-electron chi connectivity index (χ3n) is 2.35. The Kier molecular flexibility index (Phi) is 3.76. The van der Waals surface area contributed by atoms with Gasteiger partial charge in [-0.05, 0) is 0 Å². The number of rotatable bonds is 3. The molecule has 0 fully saturated rings. The molecule has 0 radical (unpaired) electrons. The van der Waals surface area contributed by atoms with E-state index in [-0.39, 0.29) is 0 Å². The summed E-state index contributed by atoms with van der Waals surface area (Å²) in [5.41, 5.74) is 1.53. The Balaban J connectivity index is 3.04. The molecular formula is C12H21GeN. The monoisotopic (exact) mass is 253 g/mol. The SMILES string of the molecule is CC(C)Cc1ccnc[c]1[Ge]([CH3])([CH3])[CH3]. The molecule has 0 aliphatic heterocycles. The van der Waals surface area contributed by atoms with Gasteiger partial charge in [0, 0.05) is 0 Å². The van der Waals surface area contributed by atoms with Crippen LogP contribution in [-0.2, 0) is 6.42 Å². The standard InChI is InChI=1S/C12H21GeN/c1-10(2)8-11-6-7-14-9-12(11)13(3,4)5/h6-7,9-10H,8H2,1-5H3. The first-order valence-corrected chi connectivity index (χ1v) is 12.7. The third-order valence-corrected chi connectivity index (χ3v) is 6.68. The minimum atomic E-state index is -1.70. The van der Waals surface area contributed by atoms with E-state index < -0.39 is 13.3 Å². The molecule has 0 aliphatic rings. The van der Waals surface area contributed by atoms with Gasteiger partial charge in [0.1, 0.15) is 0 Å². The fourth-order valence-electron chi connectivity index (χ4n) is 1.72. The van der Waals surface area contributed by atoms with E-state index in [9.17, 15) is 0 Å². The zero-order valence-corrected chi connectivity index (χ0v) is 12.1. The van der Waals surface area contributed by atoms with Crippen LogP contribution in [0.1, 0.15) is 19.4 Å². The van der Waals surface area contributed by atoms with Crippen LogP contribution in [0.3, 0.4) is 0 Å². The van der Waals surface area contributed by atoms with Gasteiger partial charge >= 0.3 is 90.1 Å². The van der Waals surface area contributed by atoms with Crippen LogP contribution in [0.15, 0.2) is 18.5 Å². The van der Waals surface area contributed by atoms with Crippen LogP contribution in [0.25, 0.3) is 0 Å². The van der Waals surface area contributed by atoms with Crippen molar-refractivity contribution in [2.24, 2.45) is 5.92 Å². The number of nitrogens with zero attached hydrogens (tertiary/aromatic N) is 1. The second-order valence-corrected chi connectivity index (χ2v) is 16.0. The molecule has 1 nitrogen and oxygen atoms in total. The maximum absolute atomic E-state index is 4.27. The fraction of sp³-hybridized carbons (Fsp3) is 0.583. The molecule has 0 aromatic carbocycles. The van der Waals surface area contributed by atoms with E-state index in [1.54, 1.807) is 4.40 Å². The van der Waals surface area contributed by atoms with E-state index in [1.807, 2.05) is 6.20 Å². The molecule has 0 saturated carbocycles. The Bertz CT molecular complexity index is 299. The van der Waals surface area contributed by atoms with Gasteiger partial charge in [0.05, 0.1) is 0 Å². The van der Waals surface area contributed by atoms with Gasteiger partial charge in [0.25, 0.3) is 0 Å². The van der Waals surface area contributed by atoms with E-state index in [1.165, 1.54) is 12.0 Å². The van der Waals surface area contributed by atoms with Crippen LogP contribution in [-0.4, -0.2) is 18.3 Å². The van der Waals surface area contributed by atoms with Crippen molar-refractivity contribution in [3.05, 3.63) is 24.0 Å². The van der Waals surface area contributed by atoms with Crippen molar-refractivity contribution in [2.75, 3.05) is 0 Å². The molecule has 78 valence electrons. The number of pyridine rings is 1. The van der Waals surface area contributed by atoms with Crippen LogP contribution >= 0.6 is 0 Å². The van der Waals surface area contributed by atoms with E-state index in [0.717, 1.165) is 5.92 Å². The molecule has 1 aromatic rings. The van der Waals surface area contributed by atoms with Crippen molar-refractivity contribution in [2.45, 2.75) is 37.5 Å². The van der Waals surface area contributed by atoms with Crippen molar-refractivity contribution in [1.82, 2.24) is 4.98 Å². The second kappa shape index (κ2) is 4.47. The first-order valence-electron chi connectivity index (χ1n) is 5.34. The molecule has 2 heteroatoms. The number of aromatic nitrogens is 1. The predicted molar refractivity (Wildman–Crippen MR) is 65.8 cm³/mol. The average Bonchev–Trinajstić information content (AvgIpc) is 2.01. The molecular weight excluding hydrogens is 231 g/mol. The molecule has 0 amide bonds. The molecule has 1 heterocycles. The quantitative estimate of drug-likeness (QED) is 0.753. The van der Waals surface area contributed by atoms with E-state index >= 15 is 0 Å². The van der Waals surface area contributed by atoms with Crippen LogP contribution in [0.2, 0.25) is 17.3 Å². The zero-order chi connectivity index (χ0) is 10.8. The topological polar surface area (TPSA) is 12.9 Å². The Hall–Kier alpha value is -0.307. The van der Waals surface area contributed by atoms with E-state index in [2.05, 4.69) is 48.4 Å². The summed E-state index contributed by atoms with van der Waals surface area (Å²) in [6, 6.07) is 2.20. The molecule has 0 saturated heterocycles. The summed E-state index contributed by atoms with van der Waals surface area (Å²) >= 11 is -1.70. The summed E-state index contributed by atoms with van der Waals surface area (Å²) in [6.45, 7) is 4.56. The molecule has 1 rings (SSSR count). The van der Waals surface area contributed by atoms with E-state index in [4.69, 9.17) is 0 Å². The molecule has 0 unspecified atom stereocenters. The van der Waals surface area contributed by atoms with Gasteiger partial charge in [0.2, 0.25) is 0 Å². The van der Waals surface area contributed by atoms with Gasteiger partial charge < -0.3 is 0 Å². The van der Waals surface area contributed by atoms with Crippen LogP contribution in [0.5, 0.6) is 0 Å². The minimum absolute atomic E-state index is 0.737. The molecule has 0 spiro atoms. The Morgan fingerprint density at radius 3 is 2.43 bits per heavy atom. The molecule has 0 atom stereocenters. The van der Waals surface area contributed by atoms with Crippen LogP contribution < -0.4 is 4.40 Å². The average molecular weight is 252 g/mol. The molecule has 0 N–H and O–H groups in total. The van der Waals surface area contributed by atoms with Gasteiger partial charge in [-0.2, -0.15) is 0 Å². The van der Waals surface area contributed by atoms with Gasteiger partial charge in [-0.3, -0.25) is 0 Å². The molecule has 0 bridgehead atoms. The first-order chi connectivity index (χ1) is 6.41. The van der Waals surface area contributed by atoms with Crippen molar-refractivity contribution >= 4 is 17.7 Å². The van der Waals surface area contributed by atoms with Crippen molar-refractivity contribution in [3.8, 4) is 0 Å². The van der Waals surface area contributed by atoms with E-state index in [0.29, 0.717) is 0 Å². The third kappa shape index (κ3) is 3.12. The van der Waals surface area contributed by atoms with Gasteiger partial charge in [-0.1, -0.05) is 0 Å². The van der Waals surface area contributed by atoms with Crippen LogP contribution in [0, 0.1) is 5.92 Å². The Morgan fingerprint density at radius 1 is 1.29 bits per heavy atom. The summed E-state index contributed by atoms with van der Waals surface area (Å²) in [5.74, 6) is 8.03. The predicted octanol–water partition coefficient (Wildman–Crippen LogP) is 2.83. The molecule has 1 aromatic heterocycles. The summed E-state index contributed by atoms with van der Waals surface area (Å²) in [4.78, 5) is 4.27. The van der Waals surface area contributed by atoms with Gasteiger partial charge in [-0.15, -0.1) is 0 Å². The van der Waals surface area contributed by atoms with Gasteiger partial charge in [-0.25, -0.2) is 0 Å². The summed E-state index contributed by atoms with van der Waals surface area (Å²) in [7, 11) is 0. The Morgan fingerprint density at radius 2 is 1.93 bits per heavy atom. The zero-order valence-electron chi connectivity index (χ0n) is 9.96. The Labute approximate surface area is 90.3 Å². The first kappa shape index (κ1) is 11.8. The van der Waals surface area contributed by atoms with Crippen LogP contribution in [0.4, 0.5) is 0 Å².